The van der Waals surface area contributed by atoms with Crippen molar-refractivity contribution in [3.63, 3.8) is 0 Å². The molecule has 1 aromatic carbocycles. The number of nitrogens with zero attached hydrogens (tertiary/aromatic N) is 1. The van der Waals surface area contributed by atoms with Gasteiger partial charge in [-0.1, -0.05) is 12.1 Å². The van der Waals surface area contributed by atoms with Gasteiger partial charge in [0.2, 0.25) is 0 Å². The van der Waals surface area contributed by atoms with Gasteiger partial charge < -0.3 is 19.4 Å². The molecule has 1 aromatic heterocycles. The van der Waals surface area contributed by atoms with Crippen molar-refractivity contribution >= 4 is 23.4 Å². The van der Waals surface area contributed by atoms with Crippen molar-refractivity contribution in [3.05, 3.63) is 53.5 Å². The Hall–Kier alpha value is -1.92. The predicted octanol–water partition coefficient (Wildman–Crippen LogP) is 2.91. The molecule has 3 rings (SSSR count). The van der Waals surface area contributed by atoms with Gasteiger partial charge in [0, 0.05) is 43.9 Å². The Balaban J connectivity index is 1.53. The third-order valence-electron chi connectivity index (χ3n) is 3.94. The molecule has 0 aliphatic carbocycles. The fourth-order valence-corrected chi connectivity index (χ4v) is 3.54. The van der Waals surface area contributed by atoms with Crippen LogP contribution in [0.15, 0.2) is 40.8 Å². The van der Waals surface area contributed by atoms with Crippen LogP contribution in [0.25, 0.3) is 0 Å². The molecule has 5 nitrogen and oxygen atoms in total. The van der Waals surface area contributed by atoms with Crippen LogP contribution in [0.3, 0.4) is 0 Å². The largest absolute Gasteiger partial charge is 0.453 e. The van der Waals surface area contributed by atoms with E-state index in [1.807, 2.05) is 11.8 Å². The lowest BCUT2D eigenvalue weighted by atomic mass is 10.2. The maximum absolute atomic E-state index is 12.1. The summed E-state index contributed by atoms with van der Waals surface area (Å²) in [6.07, 6.45) is 0. The Bertz CT molecular complexity index is 663. The van der Waals surface area contributed by atoms with Crippen molar-refractivity contribution in [1.29, 1.82) is 0 Å². The fraction of sp³-hybridized carbons (Fsp3) is 0.389. The molecule has 2 heterocycles. The number of amides is 1. The number of nitrogens with one attached hydrogen (secondary N) is 1. The molecule has 0 radical (unpaired) electrons. The number of methoxy groups -OCH3 is 1. The third-order valence-corrected chi connectivity index (χ3v) is 4.88. The van der Waals surface area contributed by atoms with Gasteiger partial charge in [0.25, 0.3) is 5.91 Å². The molecule has 0 atom stereocenters. The molecular formula is C18H22N2O3S. The van der Waals surface area contributed by atoms with Gasteiger partial charge in [-0.2, -0.15) is 11.8 Å². The molecule has 1 aliphatic rings. The number of carbonyl (C=O) groups is 1. The first-order valence-corrected chi connectivity index (χ1v) is 9.19. The maximum atomic E-state index is 12.1. The summed E-state index contributed by atoms with van der Waals surface area (Å²) in [5, 5.41) is 2.88. The van der Waals surface area contributed by atoms with Crippen molar-refractivity contribution in [3.8, 4) is 0 Å². The van der Waals surface area contributed by atoms with E-state index in [9.17, 15) is 4.79 Å². The molecule has 6 heteroatoms. The Labute approximate surface area is 146 Å². The van der Waals surface area contributed by atoms with Crippen LogP contribution in [0, 0.1) is 0 Å². The average Bonchev–Trinajstić information content (AvgIpc) is 3.10. The summed E-state index contributed by atoms with van der Waals surface area (Å²) >= 11 is 2.00. The second-order valence-electron chi connectivity index (χ2n) is 5.65. The number of ether oxygens (including phenoxy) is 1. The second-order valence-corrected chi connectivity index (χ2v) is 6.87. The van der Waals surface area contributed by atoms with E-state index in [0.29, 0.717) is 24.7 Å². The Morgan fingerprint density at radius 1 is 1.21 bits per heavy atom. The maximum Gasteiger partial charge on any atom is 0.287 e. The van der Waals surface area contributed by atoms with Gasteiger partial charge in [-0.15, -0.1) is 0 Å². The number of thioether (sulfide) groups is 1. The molecule has 1 amide bonds. The zero-order valence-electron chi connectivity index (χ0n) is 13.8. The highest BCUT2D eigenvalue weighted by Gasteiger charge is 2.12. The topological polar surface area (TPSA) is 54.7 Å². The number of furan rings is 1. The van der Waals surface area contributed by atoms with Crippen LogP contribution in [-0.2, 0) is 17.9 Å². The normalized spacial score (nSPS) is 14.6. The lowest BCUT2D eigenvalue weighted by Gasteiger charge is -2.28. The van der Waals surface area contributed by atoms with Crippen molar-refractivity contribution in [2.75, 3.05) is 36.6 Å². The summed E-state index contributed by atoms with van der Waals surface area (Å²) in [5.74, 6) is 3.11. The van der Waals surface area contributed by atoms with Crippen LogP contribution in [0.2, 0.25) is 0 Å². The van der Waals surface area contributed by atoms with Crippen LogP contribution in [-0.4, -0.2) is 37.6 Å². The van der Waals surface area contributed by atoms with Crippen molar-refractivity contribution < 1.29 is 13.9 Å². The highest BCUT2D eigenvalue weighted by Crippen LogP contribution is 2.20. The molecule has 0 bridgehead atoms. The van der Waals surface area contributed by atoms with Gasteiger partial charge in [0.1, 0.15) is 12.4 Å². The van der Waals surface area contributed by atoms with Crippen LogP contribution in [0.5, 0.6) is 0 Å². The number of hydrogen-bond acceptors (Lipinski definition) is 5. The molecule has 1 fully saturated rings. The summed E-state index contributed by atoms with van der Waals surface area (Å²) < 4.78 is 10.4. The lowest BCUT2D eigenvalue weighted by Crippen LogP contribution is -2.32. The summed E-state index contributed by atoms with van der Waals surface area (Å²) in [7, 11) is 1.59. The molecule has 2 aromatic rings. The molecule has 1 aliphatic heterocycles. The first-order chi connectivity index (χ1) is 11.8. The average molecular weight is 346 g/mol. The molecule has 128 valence electrons. The van der Waals surface area contributed by atoms with Crippen LogP contribution >= 0.6 is 11.8 Å². The minimum Gasteiger partial charge on any atom is -0.453 e. The highest BCUT2D eigenvalue weighted by atomic mass is 32.2. The minimum absolute atomic E-state index is 0.213. The summed E-state index contributed by atoms with van der Waals surface area (Å²) in [5.41, 5.74) is 2.32. The van der Waals surface area contributed by atoms with E-state index in [4.69, 9.17) is 9.15 Å². The standard InChI is InChI=1S/C18H22N2O3S/c1-22-13-16-6-7-17(23-16)18(21)19-12-14-2-4-15(5-3-14)20-8-10-24-11-9-20/h2-7H,8-13H2,1H3,(H,19,21). The Morgan fingerprint density at radius 2 is 1.96 bits per heavy atom. The van der Waals surface area contributed by atoms with E-state index in [1.165, 1.54) is 17.2 Å². The van der Waals surface area contributed by atoms with Crippen LogP contribution in [0.1, 0.15) is 21.9 Å². The van der Waals surface area contributed by atoms with Gasteiger partial charge in [-0.25, -0.2) is 0 Å². The predicted molar refractivity (Wildman–Crippen MR) is 96.6 cm³/mol. The van der Waals surface area contributed by atoms with Gasteiger partial charge in [0.15, 0.2) is 5.76 Å². The summed E-state index contributed by atoms with van der Waals surface area (Å²) in [6.45, 7) is 3.05. The van der Waals surface area contributed by atoms with E-state index >= 15 is 0 Å². The Morgan fingerprint density at radius 3 is 2.67 bits per heavy atom. The van der Waals surface area contributed by atoms with Crippen molar-refractivity contribution in [2.24, 2.45) is 0 Å². The molecule has 1 saturated heterocycles. The van der Waals surface area contributed by atoms with Crippen molar-refractivity contribution in [1.82, 2.24) is 5.32 Å². The van der Waals surface area contributed by atoms with Gasteiger partial charge in [0.05, 0.1) is 0 Å². The molecule has 1 N–H and O–H groups in total. The third kappa shape index (κ3) is 4.33. The molecule has 0 unspecified atom stereocenters. The zero-order valence-corrected chi connectivity index (χ0v) is 14.6. The Kier molecular flexibility index (Phi) is 5.82. The number of hydrogen-bond donors (Lipinski definition) is 1. The van der Waals surface area contributed by atoms with Crippen LogP contribution in [0.4, 0.5) is 5.69 Å². The van der Waals surface area contributed by atoms with Gasteiger partial charge >= 0.3 is 0 Å². The molecular weight excluding hydrogens is 324 g/mol. The minimum atomic E-state index is -0.213. The van der Waals surface area contributed by atoms with E-state index in [2.05, 4.69) is 34.5 Å². The summed E-state index contributed by atoms with van der Waals surface area (Å²) in [6, 6.07) is 11.8. The fourth-order valence-electron chi connectivity index (χ4n) is 2.64. The van der Waals surface area contributed by atoms with Crippen molar-refractivity contribution in [2.45, 2.75) is 13.2 Å². The van der Waals surface area contributed by atoms with Gasteiger partial charge in [-0.05, 0) is 29.8 Å². The monoisotopic (exact) mass is 346 g/mol. The molecule has 0 spiro atoms. The lowest BCUT2D eigenvalue weighted by molar-refractivity contribution is 0.0914. The number of rotatable bonds is 6. The van der Waals surface area contributed by atoms with E-state index < -0.39 is 0 Å². The SMILES string of the molecule is COCc1ccc(C(=O)NCc2ccc(N3CCSCC3)cc2)o1. The van der Waals surface area contributed by atoms with Gasteiger partial charge in [-0.3, -0.25) is 4.79 Å². The zero-order chi connectivity index (χ0) is 16.8. The molecule has 0 saturated carbocycles. The first-order valence-electron chi connectivity index (χ1n) is 8.04. The second kappa shape index (κ2) is 8.26. The quantitative estimate of drug-likeness (QED) is 0.872. The first kappa shape index (κ1) is 16.9. The van der Waals surface area contributed by atoms with E-state index in [-0.39, 0.29) is 5.91 Å². The summed E-state index contributed by atoms with van der Waals surface area (Å²) in [4.78, 5) is 14.5. The van der Waals surface area contributed by atoms with E-state index in [0.717, 1.165) is 18.7 Å². The molecule has 24 heavy (non-hydrogen) atoms. The number of benzene rings is 1. The smallest absolute Gasteiger partial charge is 0.287 e. The number of anilines is 1. The van der Waals surface area contributed by atoms with Crippen LogP contribution < -0.4 is 10.2 Å². The number of carbonyl (C=O) groups excluding carboxylic acids is 1. The van der Waals surface area contributed by atoms with E-state index in [1.54, 1.807) is 19.2 Å². The highest BCUT2D eigenvalue weighted by molar-refractivity contribution is 7.99.